The molecule has 0 spiro atoms. The first-order valence-corrected chi connectivity index (χ1v) is 13.2. The molecule has 1 aliphatic rings. The summed E-state index contributed by atoms with van der Waals surface area (Å²) < 4.78 is 10.7. The van der Waals surface area contributed by atoms with Gasteiger partial charge in [-0.1, -0.05) is 54.5 Å². The van der Waals surface area contributed by atoms with Crippen LogP contribution < -0.4 is 9.64 Å². The molecule has 2 heterocycles. The number of aromatic nitrogens is 1. The minimum Gasteiger partial charge on any atom is -0.507 e. The number of hydrogen-bond donors (Lipinski definition) is 1. The van der Waals surface area contributed by atoms with Crippen LogP contribution in [0.4, 0.5) is 5.13 Å². The van der Waals surface area contributed by atoms with Gasteiger partial charge in [-0.15, -0.1) is 0 Å². The lowest BCUT2D eigenvalue weighted by atomic mass is 9.94. The Balaban J connectivity index is 1.84. The lowest BCUT2D eigenvalue weighted by Gasteiger charge is -2.23. The number of ether oxygens (including phenoxy) is 2. The zero-order chi connectivity index (χ0) is 27.6. The van der Waals surface area contributed by atoms with E-state index in [0.717, 1.165) is 35.3 Å². The van der Waals surface area contributed by atoms with Gasteiger partial charge in [0.25, 0.3) is 5.78 Å². The molecule has 8 nitrogen and oxygen atoms in total. The maximum absolute atomic E-state index is 13.4. The van der Waals surface area contributed by atoms with Crippen molar-refractivity contribution < 1.29 is 29.0 Å². The highest BCUT2D eigenvalue weighted by Gasteiger charge is 2.48. The van der Waals surface area contributed by atoms with E-state index in [1.165, 1.54) is 12.0 Å². The Morgan fingerprint density at radius 1 is 1.11 bits per heavy atom. The Morgan fingerprint density at radius 2 is 1.82 bits per heavy atom. The predicted molar refractivity (Wildman–Crippen MR) is 146 cm³/mol. The van der Waals surface area contributed by atoms with Gasteiger partial charge in [-0.05, 0) is 56.5 Å². The topological polar surface area (TPSA) is 106 Å². The van der Waals surface area contributed by atoms with Gasteiger partial charge >= 0.3 is 11.9 Å². The Bertz CT molecular complexity index is 1420. The summed E-state index contributed by atoms with van der Waals surface area (Å²) in [6.07, 6.45) is 1.94. The zero-order valence-electron chi connectivity index (χ0n) is 22.0. The summed E-state index contributed by atoms with van der Waals surface area (Å²) in [7, 11) is 1.27. The molecular weight excluding hydrogens is 504 g/mol. The molecule has 0 radical (unpaired) electrons. The van der Waals surface area contributed by atoms with Crippen molar-refractivity contribution in [2.24, 2.45) is 0 Å². The lowest BCUT2D eigenvalue weighted by molar-refractivity contribution is -0.132. The standard InChI is InChI=1S/C29H30N2O6S/c1-6-7-14-37-21-13-12-20(15-17(21)3)24(32)22-23(19-10-8-16(2)9-11-19)31(27(34)25(22)33)29-30-18(4)26(38-29)28(35)36-5/h8-13,15,23,32H,6-7,14H2,1-5H3/b24-22-. The third-order valence-electron chi connectivity index (χ3n) is 6.40. The number of carbonyl (C=O) groups is 3. The third-order valence-corrected chi connectivity index (χ3v) is 7.54. The summed E-state index contributed by atoms with van der Waals surface area (Å²) in [5.41, 5.74) is 3.15. The van der Waals surface area contributed by atoms with Crippen LogP contribution in [0, 0.1) is 20.8 Å². The quantitative estimate of drug-likeness (QED) is 0.131. The summed E-state index contributed by atoms with van der Waals surface area (Å²) in [6, 6.07) is 11.6. The highest BCUT2D eigenvalue weighted by Crippen LogP contribution is 2.44. The van der Waals surface area contributed by atoms with Crippen molar-refractivity contribution in [1.29, 1.82) is 0 Å². The molecule has 1 N–H and O–H groups in total. The van der Waals surface area contributed by atoms with Gasteiger partial charge in [0.2, 0.25) is 0 Å². The van der Waals surface area contributed by atoms with Gasteiger partial charge in [-0.25, -0.2) is 9.78 Å². The molecular formula is C29H30N2O6S. The van der Waals surface area contributed by atoms with Gasteiger partial charge in [0, 0.05) is 5.56 Å². The number of aliphatic hydroxyl groups is 1. The molecule has 9 heteroatoms. The second-order valence-electron chi connectivity index (χ2n) is 9.16. The number of Topliss-reactive ketones (excluding diaryl/α,β-unsaturated/α-hetero) is 1. The molecule has 38 heavy (non-hydrogen) atoms. The average Bonchev–Trinajstić information content (AvgIpc) is 3.41. The number of carbonyl (C=O) groups excluding carboxylic acids is 3. The number of aryl methyl sites for hydroxylation is 3. The number of rotatable bonds is 8. The lowest BCUT2D eigenvalue weighted by Crippen LogP contribution is -2.29. The van der Waals surface area contributed by atoms with Gasteiger partial charge in [0.15, 0.2) is 5.13 Å². The van der Waals surface area contributed by atoms with E-state index >= 15 is 0 Å². The van der Waals surface area contributed by atoms with Crippen LogP contribution >= 0.6 is 11.3 Å². The summed E-state index contributed by atoms with van der Waals surface area (Å²) >= 11 is 0.967. The van der Waals surface area contributed by atoms with Crippen molar-refractivity contribution in [3.63, 3.8) is 0 Å². The Kier molecular flexibility index (Phi) is 7.97. The molecule has 0 aliphatic carbocycles. The molecule has 1 aromatic heterocycles. The van der Waals surface area contributed by atoms with Crippen LogP contribution in [0.25, 0.3) is 5.76 Å². The molecule has 4 rings (SSSR count). The second kappa shape index (κ2) is 11.2. The smallest absolute Gasteiger partial charge is 0.350 e. The Morgan fingerprint density at radius 3 is 2.45 bits per heavy atom. The number of amides is 1. The first kappa shape index (κ1) is 27.1. The van der Waals surface area contributed by atoms with Gasteiger partial charge in [0.05, 0.1) is 31.0 Å². The molecule has 1 saturated heterocycles. The molecule has 1 atom stereocenters. The predicted octanol–water partition coefficient (Wildman–Crippen LogP) is 5.66. The average molecular weight is 535 g/mol. The SMILES string of the molecule is CCCCOc1ccc(/C(O)=C2/C(=O)C(=O)N(c3nc(C)c(C(=O)OC)s3)C2c2ccc(C)cc2)cc1C. The maximum atomic E-state index is 13.4. The zero-order valence-corrected chi connectivity index (χ0v) is 22.8. The van der Waals surface area contributed by atoms with E-state index in [0.29, 0.717) is 29.2 Å². The third kappa shape index (κ3) is 5.06. The second-order valence-corrected chi connectivity index (χ2v) is 10.1. The number of anilines is 1. The number of esters is 1. The van der Waals surface area contributed by atoms with Crippen LogP contribution in [-0.2, 0) is 14.3 Å². The van der Waals surface area contributed by atoms with Crippen LogP contribution in [-0.4, -0.2) is 41.5 Å². The van der Waals surface area contributed by atoms with E-state index in [2.05, 4.69) is 11.9 Å². The normalized spacial score (nSPS) is 16.7. The van der Waals surface area contributed by atoms with E-state index < -0.39 is 23.7 Å². The van der Waals surface area contributed by atoms with Crippen molar-refractivity contribution in [2.45, 2.75) is 46.6 Å². The van der Waals surface area contributed by atoms with Crippen LogP contribution in [0.3, 0.4) is 0 Å². The molecule has 1 unspecified atom stereocenters. The molecule has 1 fully saturated rings. The fraction of sp³-hybridized carbons (Fsp3) is 0.310. The fourth-order valence-electron chi connectivity index (χ4n) is 4.30. The van der Waals surface area contributed by atoms with Gasteiger partial charge in [-0.3, -0.25) is 14.5 Å². The van der Waals surface area contributed by atoms with Crippen LogP contribution in [0.1, 0.15) is 63.4 Å². The monoisotopic (exact) mass is 534 g/mol. The van der Waals surface area contributed by atoms with Gasteiger partial charge in [-0.2, -0.15) is 0 Å². The number of ketones is 1. The minimum absolute atomic E-state index is 0.0506. The summed E-state index contributed by atoms with van der Waals surface area (Å²) in [5.74, 6) is -1.84. The molecule has 0 bridgehead atoms. The summed E-state index contributed by atoms with van der Waals surface area (Å²) in [4.78, 5) is 44.9. The summed E-state index contributed by atoms with van der Waals surface area (Å²) in [6.45, 7) is 8.10. The molecule has 1 amide bonds. The van der Waals surface area contributed by atoms with Crippen molar-refractivity contribution in [1.82, 2.24) is 4.98 Å². The maximum Gasteiger partial charge on any atom is 0.350 e. The molecule has 0 saturated carbocycles. The van der Waals surface area contributed by atoms with Gasteiger partial charge in [0.1, 0.15) is 16.4 Å². The molecule has 1 aliphatic heterocycles. The van der Waals surface area contributed by atoms with Crippen LogP contribution in [0.15, 0.2) is 48.0 Å². The number of methoxy groups -OCH3 is 1. The highest BCUT2D eigenvalue weighted by molar-refractivity contribution is 7.17. The Hall–Kier alpha value is -3.98. The van der Waals surface area contributed by atoms with Crippen LogP contribution in [0.2, 0.25) is 0 Å². The first-order valence-electron chi connectivity index (χ1n) is 12.3. The van der Waals surface area contributed by atoms with Crippen molar-refractivity contribution in [3.8, 4) is 5.75 Å². The number of aliphatic hydroxyl groups excluding tert-OH is 1. The van der Waals surface area contributed by atoms with E-state index in [1.807, 2.05) is 38.1 Å². The Labute approximate surface area is 225 Å². The van der Waals surface area contributed by atoms with E-state index in [1.54, 1.807) is 25.1 Å². The molecule has 198 valence electrons. The van der Waals surface area contributed by atoms with E-state index in [-0.39, 0.29) is 21.3 Å². The van der Waals surface area contributed by atoms with Crippen LogP contribution in [0.5, 0.6) is 5.75 Å². The molecule has 2 aromatic carbocycles. The largest absolute Gasteiger partial charge is 0.507 e. The fourth-order valence-corrected chi connectivity index (χ4v) is 5.31. The van der Waals surface area contributed by atoms with E-state index in [9.17, 15) is 19.5 Å². The van der Waals surface area contributed by atoms with Gasteiger partial charge < -0.3 is 14.6 Å². The van der Waals surface area contributed by atoms with Crippen molar-refractivity contribution in [3.05, 3.63) is 80.9 Å². The highest BCUT2D eigenvalue weighted by atomic mass is 32.1. The number of nitrogens with zero attached hydrogens (tertiary/aromatic N) is 2. The molecule has 3 aromatic rings. The summed E-state index contributed by atoms with van der Waals surface area (Å²) in [5, 5.41) is 11.6. The number of thiazole rings is 1. The number of hydrogen-bond acceptors (Lipinski definition) is 8. The first-order chi connectivity index (χ1) is 18.2. The number of unbranched alkanes of at least 4 members (excludes halogenated alkanes) is 1. The minimum atomic E-state index is -0.938. The number of benzene rings is 2. The van der Waals surface area contributed by atoms with Crippen molar-refractivity contribution in [2.75, 3.05) is 18.6 Å². The van der Waals surface area contributed by atoms with Crippen molar-refractivity contribution >= 4 is 39.9 Å². The van der Waals surface area contributed by atoms with E-state index in [4.69, 9.17) is 9.47 Å².